The number of amides is 3. The zero-order chi connectivity index (χ0) is 29.4. The highest BCUT2D eigenvalue weighted by Crippen LogP contribution is 2.11. The van der Waals surface area contributed by atoms with Crippen molar-refractivity contribution in [2.45, 2.75) is 50.2 Å². The molecular weight excluding hydrogens is 512 g/mol. The van der Waals surface area contributed by atoms with Crippen molar-refractivity contribution in [1.29, 1.82) is 0 Å². The van der Waals surface area contributed by atoms with Gasteiger partial charge in [0.15, 0.2) is 11.9 Å². The van der Waals surface area contributed by atoms with Crippen LogP contribution in [0.25, 0.3) is 0 Å². The minimum absolute atomic E-state index is 0.0178. The Balaban J connectivity index is 2.72. The Morgan fingerprint density at radius 3 is 1.92 bits per heavy atom. The third-order valence-corrected chi connectivity index (χ3v) is 5.32. The number of aliphatic carboxylic acids is 1. The van der Waals surface area contributed by atoms with E-state index in [0.717, 1.165) is 0 Å². The first-order chi connectivity index (χ1) is 18.4. The summed E-state index contributed by atoms with van der Waals surface area (Å²) in [6.07, 6.45) is 1.11. The van der Waals surface area contributed by atoms with Gasteiger partial charge >= 0.3 is 5.97 Å². The summed E-state index contributed by atoms with van der Waals surface area (Å²) >= 11 is 0. The standard InChI is InChI=1S/C23H38N10O6/c24-15(3-1-9-29-22(25)26)19(36)33-16(4-2-10-30-23(27)28)20(37)31-12-18(35)32-17(21(38)39)11-13-5-7-14(34)8-6-13/h5-8,15-17,34H,1-4,9-12,24H2,(H,31,37)(H,32,35)(H,33,36)(H,38,39)(H4,25,26,29)(H4,27,28,30). The number of aromatic hydroxyl groups is 1. The molecule has 0 aromatic heterocycles. The van der Waals surface area contributed by atoms with Crippen molar-refractivity contribution in [3.8, 4) is 5.75 Å². The van der Waals surface area contributed by atoms with Gasteiger partial charge in [-0.3, -0.25) is 24.4 Å². The number of phenols is 1. The van der Waals surface area contributed by atoms with Crippen LogP contribution in [-0.2, 0) is 25.6 Å². The first-order valence-corrected chi connectivity index (χ1v) is 12.1. The number of hydrogen-bond donors (Lipinski definition) is 10. The summed E-state index contributed by atoms with van der Waals surface area (Å²) in [4.78, 5) is 57.0. The van der Waals surface area contributed by atoms with E-state index in [1.807, 2.05) is 0 Å². The molecule has 0 aliphatic heterocycles. The lowest BCUT2D eigenvalue weighted by atomic mass is 10.1. The molecule has 3 unspecified atom stereocenters. The number of carboxylic acid groups (broad SMARTS) is 1. The summed E-state index contributed by atoms with van der Waals surface area (Å²) in [5, 5.41) is 26.1. The number of hydrogen-bond acceptors (Lipinski definition) is 8. The lowest BCUT2D eigenvalue weighted by molar-refractivity contribution is -0.141. The fourth-order valence-electron chi connectivity index (χ4n) is 3.31. The summed E-state index contributed by atoms with van der Waals surface area (Å²) in [7, 11) is 0. The van der Waals surface area contributed by atoms with Crippen molar-refractivity contribution in [1.82, 2.24) is 16.0 Å². The topological polar surface area (TPSA) is 300 Å². The largest absolute Gasteiger partial charge is 0.508 e. The average Bonchev–Trinajstić information content (AvgIpc) is 2.87. The third-order valence-electron chi connectivity index (χ3n) is 5.32. The van der Waals surface area contributed by atoms with Crippen molar-refractivity contribution in [2.75, 3.05) is 19.6 Å². The van der Waals surface area contributed by atoms with E-state index in [1.165, 1.54) is 24.3 Å². The lowest BCUT2D eigenvalue weighted by Gasteiger charge is -2.21. The Morgan fingerprint density at radius 1 is 0.821 bits per heavy atom. The predicted molar refractivity (Wildman–Crippen MR) is 144 cm³/mol. The second-order valence-corrected chi connectivity index (χ2v) is 8.61. The van der Waals surface area contributed by atoms with Crippen molar-refractivity contribution >= 4 is 35.6 Å². The van der Waals surface area contributed by atoms with Crippen LogP contribution in [0.2, 0.25) is 0 Å². The van der Waals surface area contributed by atoms with E-state index >= 15 is 0 Å². The first kappa shape index (κ1) is 32.4. The van der Waals surface area contributed by atoms with Gasteiger partial charge in [-0.05, 0) is 43.4 Å². The Kier molecular flexibility index (Phi) is 14.1. The molecule has 0 heterocycles. The molecule has 39 heavy (non-hydrogen) atoms. The van der Waals surface area contributed by atoms with Crippen LogP contribution in [0, 0.1) is 0 Å². The molecule has 216 valence electrons. The average molecular weight is 551 g/mol. The Bertz CT molecular complexity index is 1020. The van der Waals surface area contributed by atoms with Crippen molar-refractivity contribution in [3.05, 3.63) is 29.8 Å². The summed E-state index contributed by atoms with van der Waals surface area (Å²) in [6.45, 7) is -0.0570. The molecule has 0 aliphatic carbocycles. The fourth-order valence-corrected chi connectivity index (χ4v) is 3.31. The van der Waals surface area contributed by atoms with Gasteiger partial charge in [0.1, 0.15) is 17.8 Å². The number of carboxylic acids is 1. The summed E-state index contributed by atoms with van der Waals surface area (Å²) in [6, 6.07) is 2.58. The van der Waals surface area contributed by atoms with E-state index < -0.39 is 48.4 Å². The summed E-state index contributed by atoms with van der Waals surface area (Å²) in [5.74, 6) is -3.49. The van der Waals surface area contributed by atoms with Gasteiger partial charge in [0, 0.05) is 19.5 Å². The molecule has 0 spiro atoms. The van der Waals surface area contributed by atoms with Crippen molar-refractivity contribution in [2.24, 2.45) is 38.7 Å². The molecule has 3 atom stereocenters. The quantitative estimate of drug-likeness (QED) is 0.0516. The van der Waals surface area contributed by atoms with Crippen LogP contribution in [0.5, 0.6) is 5.75 Å². The Hall–Kier alpha value is -4.60. The van der Waals surface area contributed by atoms with Crippen LogP contribution in [0.15, 0.2) is 34.3 Å². The van der Waals surface area contributed by atoms with E-state index in [4.69, 9.17) is 28.7 Å². The van der Waals surface area contributed by atoms with Crippen LogP contribution >= 0.6 is 0 Å². The van der Waals surface area contributed by atoms with Crippen LogP contribution in [0.4, 0.5) is 0 Å². The van der Waals surface area contributed by atoms with Gasteiger partial charge in [0.25, 0.3) is 0 Å². The first-order valence-electron chi connectivity index (χ1n) is 12.1. The number of carbonyl (C=O) groups excluding carboxylic acids is 3. The van der Waals surface area contributed by atoms with Gasteiger partial charge in [-0.25, -0.2) is 4.79 Å². The van der Waals surface area contributed by atoms with Gasteiger partial charge in [-0.1, -0.05) is 12.1 Å². The summed E-state index contributed by atoms with van der Waals surface area (Å²) < 4.78 is 0. The van der Waals surface area contributed by atoms with Crippen LogP contribution in [0.3, 0.4) is 0 Å². The molecule has 0 saturated carbocycles. The second-order valence-electron chi connectivity index (χ2n) is 8.61. The smallest absolute Gasteiger partial charge is 0.326 e. The number of benzene rings is 1. The zero-order valence-electron chi connectivity index (χ0n) is 21.5. The minimum atomic E-state index is -1.28. The SMILES string of the molecule is NC(N)=NCCCC(N)C(=O)NC(CCCN=C(N)N)C(=O)NCC(=O)NC(Cc1ccc(O)cc1)C(=O)O. The van der Waals surface area contributed by atoms with Gasteiger partial charge in [-0.15, -0.1) is 0 Å². The number of phenolic OH excluding ortho intramolecular Hbond substituents is 1. The van der Waals surface area contributed by atoms with Crippen molar-refractivity contribution in [3.63, 3.8) is 0 Å². The monoisotopic (exact) mass is 550 g/mol. The Labute approximate surface area is 225 Å². The lowest BCUT2D eigenvalue weighted by Crippen LogP contribution is -2.53. The molecule has 0 bridgehead atoms. The Morgan fingerprint density at radius 2 is 1.38 bits per heavy atom. The normalized spacial score (nSPS) is 12.7. The van der Waals surface area contributed by atoms with Crippen LogP contribution in [0.1, 0.15) is 31.2 Å². The molecule has 0 saturated heterocycles. The number of nitrogens with one attached hydrogen (secondary N) is 3. The third kappa shape index (κ3) is 14.1. The molecule has 3 amide bonds. The highest BCUT2D eigenvalue weighted by Gasteiger charge is 2.25. The van der Waals surface area contributed by atoms with Gasteiger partial charge in [0.2, 0.25) is 17.7 Å². The molecule has 1 rings (SSSR count). The van der Waals surface area contributed by atoms with Gasteiger partial charge < -0.3 is 54.8 Å². The maximum atomic E-state index is 12.8. The van der Waals surface area contributed by atoms with Crippen LogP contribution in [-0.4, -0.2) is 83.6 Å². The van der Waals surface area contributed by atoms with Crippen molar-refractivity contribution < 1.29 is 29.4 Å². The highest BCUT2D eigenvalue weighted by molar-refractivity contribution is 5.92. The molecule has 1 aromatic rings. The van der Waals surface area contributed by atoms with Crippen LogP contribution < -0.4 is 44.6 Å². The predicted octanol–water partition coefficient (Wildman–Crippen LogP) is -3.46. The maximum absolute atomic E-state index is 12.8. The number of aliphatic imine (C=N–C) groups is 2. The molecular formula is C23H38N10O6. The summed E-state index contributed by atoms with van der Waals surface area (Å²) in [5.41, 5.74) is 27.6. The molecule has 0 fully saturated rings. The number of nitrogens with zero attached hydrogens (tertiary/aromatic N) is 2. The van der Waals surface area contributed by atoms with E-state index in [9.17, 15) is 29.4 Å². The minimum Gasteiger partial charge on any atom is -0.508 e. The van der Waals surface area contributed by atoms with Gasteiger partial charge in [0.05, 0.1) is 12.6 Å². The molecule has 0 radical (unpaired) electrons. The zero-order valence-corrected chi connectivity index (χ0v) is 21.5. The van der Waals surface area contributed by atoms with E-state index in [2.05, 4.69) is 25.9 Å². The number of carbonyl (C=O) groups is 4. The van der Waals surface area contributed by atoms with E-state index in [0.29, 0.717) is 18.4 Å². The molecule has 16 heteroatoms. The molecule has 0 aliphatic rings. The van der Waals surface area contributed by atoms with Gasteiger partial charge in [-0.2, -0.15) is 0 Å². The second kappa shape index (κ2) is 17.0. The maximum Gasteiger partial charge on any atom is 0.326 e. The van der Waals surface area contributed by atoms with E-state index in [-0.39, 0.29) is 50.0 Å². The highest BCUT2D eigenvalue weighted by atomic mass is 16.4. The molecule has 16 nitrogen and oxygen atoms in total. The number of rotatable bonds is 17. The van der Waals surface area contributed by atoms with E-state index in [1.54, 1.807) is 0 Å². The molecule has 1 aromatic carbocycles. The molecule has 15 N–H and O–H groups in total. The number of guanidine groups is 2. The fraction of sp³-hybridized carbons (Fsp3) is 0.478. The number of nitrogens with two attached hydrogens (primary N) is 5.